The summed E-state index contributed by atoms with van der Waals surface area (Å²) in [6.07, 6.45) is 5.70. The van der Waals surface area contributed by atoms with Gasteiger partial charge in [-0.15, -0.1) is 0 Å². The van der Waals surface area contributed by atoms with Gasteiger partial charge in [0.05, 0.1) is 18.0 Å². The standard InChI is InChI=1S/C25H36N2O2/c1-7-18(14-15-28)20(9-3)22-16-19(8-2)25(26-17(22)6)21-12-13-24(29-11-5)27-23(21)10-4/h9,12-13,16,18,28H,7-8,10-11,14-15H2,1-6H3/b20-9-/t18-/m1/s1. The van der Waals surface area contributed by atoms with Gasteiger partial charge in [0.2, 0.25) is 5.88 Å². The smallest absolute Gasteiger partial charge is 0.213 e. The van der Waals surface area contributed by atoms with Crippen LogP contribution in [0.4, 0.5) is 0 Å². The summed E-state index contributed by atoms with van der Waals surface area (Å²) in [5.41, 5.74) is 7.86. The minimum Gasteiger partial charge on any atom is -0.478 e. The van der Waals surface area contributed by atoms with Crippen LogP contribution in [-0.4, -0.2) is 28.3 Å². The summed E-state index contributed by atoms with van der Waals surface area (Å²) in [6.45, 7) is 13.4. The van der Waals surface area contributed by atoms with E-state index >= 15 is 0 Å². The first kappa shape index (κ1) is 23.1. The van der Waals surface area contributed by atoms with Crippen LogP contribution in [-0.2, 0) is 12.8 Å². The molecule has 2 aromatic rings. The van der Waals surface area contributed by atoms with Gasteiger partial charge in [-0.25, -0.2) is 4.98 Å². The van der Waals surface area contributed by atoms with Crippen LogP contribution in [0.25, 0.3) is 16.8 Å². The van der Waals surface area contributed by atoms with Gasteiger partial charge in [0.25, 0.3) is 0 Å². The summed E-state index contributed by atoms with van der Waals surface area (Å²) < 4.78 is 5.59. The predicted molar refractivity (Wildman–Crippen MR) is 121 cm³/mol. The molecule has 1 N–H and O–H groups in total. The quantitative estimate of drug-likeness (QED) is 0.552. The molecule has 0 radical (unpaired) electrons. The SMILES string of the molecule is C/C=C(\c1cc(CC)c(-c2ccc(OCC)nc2CC)nc1C)[C@H](CC)CCO. The molecular weight excluding hydrogens is 360 g/mol. The van der Waals surface area contributed by atoms with Gasteiger partial charge in [0.1, 0.15) is 0 Å². The number of aliphatic hydroxyl groups excluding tert-OH is 1. The Morgan fingerprint density at radius 1 is 1.14 bits per heavy atom. The molecule has 2 rings (SSSR count). The first-order chi connectivity index (χ1) is 14.0. The molecule has 1 atom stereocenters. The maximum Gasteiger partial charge on any atom is 0.213 e. The van der Waals surface area contributed by atoms with Crippen LogP contribution in [0.1, 0.15) is 70.0 Å². The summed E-state index contributed by atoms with van der Waals surface area (Å²) in [5, 5.41) is 9.48. The van der Waals surface area contributed by atoms with Crippen molar-refractivity contribution in [1.82, 2.24) is 9.97 Å². The van der Waals surface area contributed by atoms with Crippen LogP contribution in [0.2, 0.25) is 0 Å². The summed E-state index contributed by atoms with van der Waals surface area (Å²) in [5.74, 6) is 1.02. The number of nitrogens with zero attached hydrogens (tertiary/aromatic N) is 2. The van der Waals surface area contributed by atoms with E-state index in [-0.39, 0.29) is 6.61 Å². The molecule has 29 heavy (non-hydrogen) atoms. The van der Waals surface area contributed by atoms with E-state index in [1.54, 1.807) is 0 Å². The molecule has 0 unspecified atom stereocenters. The second kappa shape index (κ2) is 11.1. The zero-order valence-electron chi connectivity index (χ0n) is 18.9. The minimum absolute atomic E-state index is 0.207. The van der Waals surface area contributed by atoms with Gasteiger partial charge in [0.15, 0.2) is 0 Å². The van der Waals surface area contributed by atoms with Crippen LogP contribution >= 0.6 is 0 Å². The van der Waals surface area contributed by atoms with Crippen molar-refractivity contribution in [2.45, 2.75) is 67.2 Å². The number of ether oxygens (including phenoxy) is 1. The van der Waals surface area contributed by atoms with Crippen LogP contribution in [0.15, 0.2) is 24.3 Å². The van der Waals surface area contributed by atoms with Crippen LogP contribution < -0.4 is 4.74 Å². The number of aromatic nitrogens is 2. The average Bonchev–Trinajstić information content (AvgIpc) is 2.74. The van der Waals surface area contributed by atoms with Gasteiger partial charge < -0.3 is 9.84 Å². The second-order valence-corrected chi connectivity index (χ2v) is 7.27. The van der Waals surface area contributed by atoms with Crippen molar-refractivity contribution >= 4 is 5.57 Å². The Morgan fingerprint density at radius 2 is 1.90 bits per heavy atom. The Labute approximate surface area is 176 Å². The van der Waals surface area contributed by atoms with Crippen molar-refractivity contribution in [2.24, 2.45) is 5.92 Å². The van der Waals surface area contributed by atoms with Crippen LogP contribution in [0, 0.1) is 12.8 Å². The van der Waals surface area contributed by atoms with Crippen molar-refractivity contribution in [3.05, 3.63) is 46.8 Å². The van der Waals surface area contributed by atoms with E-state index in [4.69, 9.17) is 14.7 Å². The summed E-state index contributed by atoms with van der Waals surface area (Å²) >= 11 is 0. The van der Waals surface area contributed by atoms with E-state index in [9.17, 15) is 5.11 Å². The van der Waals surface area contributed by atoms with E-state index in [0.717, 1.165) is 48.3 Å². The zero-order valence-corrected chi connectivity index (χ0v) is 18.9. The lowest BCUT2D eigenvalue weighted by molar-refractivity contribution is 0.270. The molecule has 2 aromatic heterocycles. The molecule has 0 saturated heterocycles. The van der Waals surface area contributed by atoms with E-state index in [0.29, 0.717) is 18.4 Å². The fourth-order valence-corrected chi connectivity index (χ4v) is 3.98. The molecule has 0 saturated carbocycles. The fraction of sp³-hybridized carbons (Fsp3) is 0.520. The molecule has 0 spiro atoms. The highest BCUT2D eigenvalue weighted by atomic mass is 16.5. The molecule has 0 aliphatic carbocycles. The Morgan fingerprint density at radius 3 is 2.45 bits per heavy atom. The third kappa shape index (κ3) is 5.24. The molecular formula is C25H36N2O2. The lowest BCUT2D eigenvalue weighted by Gasteiger charge is -2.22. The predicted octanol–water partition coefficient (Wildman–Crippen LogP) is 5.79. The molecule has 0 bridgehead atoms. The Bertz CT molecular complexity index is 843. The summed E-state index contributed by atoms with van der Waals surface area (Å²) in [6, 6.07) is 6.33. The highest BCUT2D eigenvalue weighted by Crippen LogP contribution is 2.34. The molecule has 0 fully saturated rings. The van der Waals surface area contributed by atoms with Crippen molar-refractivity contribution in [3.63, 3.8) is 0 Å². The molecule has 4 nitrogen and oxygen atoms in total. The molecule has 2 heterocycles. The van der Waals surface area contributed by atoms with Crippen molar-refractivity contribution in [2.75, 3.05) is 13.2 Å². The lowest BCUT2D eigenvalue weighted by Crippen LogP contribution is -2.09. The monoisotopic (exact) mass is 396 g/mol. The van der Waals surface area contributed by atoms with Gasteiger partial charge in [-0.3, -0.25) is 4.98 Å². The number of hydrogen-bond acceptors (Lipinski definition) is 4. The normalized spacial score (nSPS) is 12.9. The number of aliphatic hydroxyl groups is 1. The van der Waals surface area contributed by atoms with Gasteiger partial charge in [-0.2, -0.15) is 0 Å². The summed E-state index contributed by atoms with van der Waals surface area (Å²) in [4.78, 5) is 9.76. The van der Waals surface area contributed by atoms with E-state index < -0.39 is 0 Å². The highest BCUT2D eigenvalue weighted by molar-refractivity contribution is 5.74. The molecule has 158 valence electrons. The third-order valence-corrected chi connectivity index (χ3v) is 5.54. The zero-order chi connectivity index (χ0) is 21.4. The Balaban J connectivity index is 2.59. The first-order valence-electron chi connectivity index (χ1n) is 10.9. The Kier molecular flexibility index (Phi) is 8.84. The number of pyridine rings is 2. The third-order valence-electron chi connectivity index (χ3n) is 5.54. The molecule has 0 aliphatic heterocycles. The van der Waals surface area contributed by atoms with Gasteiger partial charge >= 0.3 is 0 Å². The summed E-state index contributed by atoms with van der Waals surface area (Å²) in [7, 11) is 0. The van der Waals surface area contributed by atoms with Crippen molar-refractivity contribution in [1.29, 1.82) is 0 Å². The minimum atomic E-state index is 0.207. The number of aryl methyl sites for hydroxylation is 3. The van der Waals surface area contributed by atoms with Crippen molar-refractivity contribution in [3.8, 4) is 17.1 Å². The van der Waals surface area contributed by atoms with Crippen LogP contribution in [0.5, 0.6) is 5.88 Å². The molecule has 0 aromatic carbocycles. The molecule has 0 amide bonds. The lowest BCUT2D eigenvalue weighted by atomic mass is 9.86. The average molecular weight is 397 g/mol. The Hall–Kier alpha value is -2.20. The highest BCUT2D eigenvalue weighted by Gasteiger charge is 2.19. The van der Waals surface area contributed by atoms with Gasteiger partial charge in [-0.05, 0) is 81.2 Å². The topological polar surface area (TPSA) is 55.2 Å². The molecule has 4 heteroatoms. The van der Waals surface area contributed by atoms with E-state index in [2.05, 4.69) is 52.8 Å². The number of hydrogen-bond donors (Lipinski definition) is 1. The van der Waals surface area contributed by atoms with E-state index in [1.165, 1.54) is 16.7 Å². The van der Waals surface area contributed by atoms with Gasteiger partial charge in [-0.1, -0.05) is 26.8 Å². The van der Waals surface area contributed by atoms with E-state index in [1.807, 2.05) is 13.0 Å². The maximum absolute atomic E-state index is 9.48. The van der Waals surface area contributed by atoms with Crippen molar-refractivity contribution < 1.29 is 9.84 Å². The number of allylic oxidation sites excluding steroid dienone is 2. The largest absolute Gasteiger partial charge is 0.478 e. The number of rotatable bonds is 10. The van der Waals surface area contributed by atoms with Gasteiger partial charge in [0, 0.05) is 23.9 Å². The first-order valence-corrected chi connectivity index (χ1v) is 10.9. The van der Waals surface area contributed by atoms with Crippen LogP contribution in [0.3, 0.4) is 0 Å². The second-order valence-electron chi connectivity index (χ2n) is 7.27. The maximum atomic E-state index is 9.48. The molecule has 0 aliphatic rings. The fourth-order valence-electron chi connectivity index (χ4n) is 3.98.